The molecule has 3 heterocycles. The van der Waals surface area contributed by atoms with Crippen molar-refractivity contribution in [2.24, 2.45) is 57.7 Å². The van der Waals surface area contributed by atoms with Crippen molar-refractivity contribution in [1.82, 2.24) is 4.90 Å². The van der Waals surface area contributed by atoms with E-state index in [1.165, 1.54) is 0 Å². The number of carboxylic acids is 2. The van der Waals surface area contributed by atoms with Crippen LogP contribution < -0.4 is 0 Å². The molecule has 1 spiro atoms. The largest absolute Gasteiger partial charge is 0.481 e. The molecule has 45 heavy (non-hydrogen) atoms. The van der Waals surface area contributed by atoms with Crippen molar-refractivity contribution in [2.75, 3.05) is 32.8 Å². The van der Waals surface area contributed by atoms with Gasteiger partial charge in [-0.15, -0.1) is 0 Å². The zero-order valence-corrected chi connectivity index (χ0v) is 27.5. The van der Waals surface area contributed by atoms with Gasteiger partial charge in [0.1, 0.15) is 17.6 Å². The van der Waals surface area contributed by atoms with Crippen LogP contribution in [-0.2, 0) is 28.6 Å². The van der Waals surface area contributed by atoms with Crippen LogP contribution in [-0.4, -0.2) is 84.2 Å². The summed E-state index contributed by atoms with van der Waals surface area (Å²) in [7, 11) is 0. The van der Waals surface area contributed by atoms with Gasteiger partial charge >= 0.3 is 11.9 Å². The van der Waals surface area contributed by atoms with E-state index in [0.717, 1.165) is 56.8 Å². The number of ether oxygens (including phenoxy) is 3. The molecule has 8 unspecified atom stereocenters. The van der Waals surface area contributed by atoms with E-state index >= 15 is 0 Å². The van der Waals surface area contributed by atoms with Crippen LogP contribution >= 0.6 is 0 Å². The van der Waals surface area contributed by atoms with E-state index < -0.39 is 39.9 Å². The van der Waals surface area contributed by atoms with Gasteiger partial charge in [-0.2, -0.15) is 0 Å². The number of rotatable bonds is 10. The number of likely N-dealkylation sites (tertiary alicyclic amines) is 1. The summed E-state index contributed by atoms with van der Waals surface area (Å²) in [6.07, 6.45) is 10.8. The van der Waals surface area contributed by atoms with Gasteiger partial charge in [0.25, 0.3) is 0 Å². The number of carboxylic acid groups (broad SMARTS) is 2. The van der Waals surface area contributed by atoms with E-state index in [2.05, 4.69) is 38.7 Å². The second-order valence-corrected chi connectivity index (χ2v) is 16.1. The lowest BCUT2D eigenvalue weighted by Gasteiger charge is -2.60. The second-order valence-electron chi connectivity index (χ2n) is 16.1. The first-order valence-corrected chi connectivity index (χ1v) is 17.8. The van der Waals surface area contributed by atoms with Crippen molar-refractivity contribution >= 4 is 18.2 Å². The number of aldehydes is 1. The first kappa shape index (κ1) is 31.8. The van der Waals surface area contributed by atoms with E-state index in [9.17, 15) is 24.6 Å². The van der Waals surface area contributed by atoms with Crippen molar-refractivity contribution in [1.29, 1.82) is 0 Å². The molecule has 0 radical (unpaired) electrons. The minimum Gasteiger partial charge on any atom is -0.481 e. The van der Waals surface area contributed by atoms with Crippen molar-refractivity contribution in [2.45, 2.75) is 103 Å². The maximum Gasteiger partial charge on any atom is 0.315 e. The summed E-state index contributed by atoms with van der Waals surface area (Å²) in [5, 5.41) is 21.6. The van der Waals surface area contributed by atoms with Crippen LogP contribution in [0.5, 0.6) is 0 Å². The Labute approximate surface area is 267 Å². The lowest BCUT2D eigenvalue weighted by Crippen LogP contribution is -2.65. The van der Waals surface area contributed by atoms with Crippen LogP contribution in [0.25, 0.3) is 0 Å². The summed E-state index contributed by atoms with van der Waals surface area (Å²) in [4.78, 5) is 42.2. The first-order chi connectivity index (χ1) is 21.5. The Balaban J connectivity index is 1.24. The highest BCUT2D eigenvalue weighted by Gasteiger charge is 2.86. The maximum absolute atomic E-state index is 14.0. The average molecular weight is 628 g/mol. The number of aliphatic carboxylic acids is 2. The number of piperidine rings is 1. The number of hydrogen-bond donors (Lipinski definition) is 2. The summed E-state index contributed by atoms with van der Waals surface area (Å²) in [6, 6.07) is 0. The highest BCUT2D eigenvalue weighted by Crippen LogP contribution is 2.84. The SMILES string of the molecule is CCCCC1CC(C23C[C@@H]4[C@H](C)CC[C@H]4C4(C=O)CC2C=C(C(C)C)C34C(=O)O)OC1CN1CCC2(OCCO2)C(C(=O)O)C1. The molecule has 9 nitrogen and oxygen atoms in total. The summed E-state index contributed by atoms with van der Waals surface area (Å²) in [5.41, 5.74) is -1.85. The predicted molar refractivity (Wildman–Crippen MR) is 165 cm³/mol. The van der Waals surface area contributed by atoms with Gasteiger partial charge in [0.05, 0.1) is 30.8 Å². The summed E-state index contributed by atoms with van der Waals surface area (Å²) < 4.78 is 19.0. The van der Waals surface area contributed by atoms with Gasteiger partial charge in [0.2, 0.25) is 0 Å². The number of carbonyl (C=O) groups excluding carboxylic acids is 1. The molecule has 0 aromatic rings. The highest BCUT2D eigenvalue weighted by molar-refractivity contribution is 5.90. The van der Waals surface area contributed by atoms with Crippen LogP contribution in [0, 0.1) is 57.7 Å². The van der Waals surface area contributed by atoms with Crippen LogP contribution in [0.15, 0.2) is 11.6 Å². The highest BCUT2D eigenvalue weighted by atomic mass is 16.7. The van der Waals surface area contributed by atoms with Gasteiger partial charge in [0.15, 0.2) is 5.79 Å². The Hall–Kier alpha value is -1.81. The zero-order chi connectivity index (χ0) is 31.9. The van der Waals surface area contributed by atoms with E-state index in [1.807, 2.05) is 0 Å². The zero-order valence-electron chi connectivity index (χ0n) is 27.5. The summed E-state index contributed by atoms with van der Waals surface area (Å²) in [5.74, 6) is -2.38. The Morgan fingerprint density at radius 3 is 2.56 bits per heavy atom. The van der Waals surface area contributed by atoms with Gasteiger partial charge in [-0.3, -0.25) is 14.5 Å². The minimum absolute atomic E-state index is 0.00692. The van der Waals surface area contributed by atoms with Crippen LogP contribution in [0.2, 0.25) is 0 Å². The molecular weight excluding hydrogens is 574 g/mol. The van der Waals surface area contributed by atoms with Gasteiger partial charge in [-0.05, 0) is 67.6 Å². The molecule has 0 aromatic heterocycles. The van der Waals surface area contributed by atoms with Crippen LogP contribution in [0.1, 0.15) is 85.5 Å². The van der Waals surface area contributed by atoms with Crippen molar-refractivity contribution in [3.8, 4) is 0 Å². The minimum atomic E-state index is -1.25. The van der Waals surface area contributed by atoms with Crippen LogP contribution in [0.3, 0.4) is 0 Å². The fraction of sp³-hybridized carbons (Fsp3) is 0.861. The number of allylic oxidation sites excluding steroid dienone is 1. The van der Waals surface area contributed by atoms with Gasteiger partial charge in [-0.1, -0.05) is 58.6 Å². The maximum atomic E-state index is 14.0. The average Bonchev–Trinajstić information content (AvgIpc) is 3.81. The monoisotopic (exact) mass is 627 g/mol. The van der Waals surface area contributed by atoms with E-state index in [0.29, 0.717) is 57.5 Å². The smallest absolute Gasteiger partial charge is 0.315 e. The van der Waals surface area contributed by atoms with E-state index in [1.54, 1.807) is 0 Å². The molecule has 4 bridgehead atoms. The number of unbranched alkanes of at least 4 members (excludes halogenated alkanes) is 1. The quantitative estimate of drug-likeness (QED) is 0.254. The summed E-state index contributed by atoms with van der Waals surface area (Å²) in [6.45, 7) is 11.1. The van der Waals surface area contributed by atoms with Crippen molar-refractivity contribution in [3.05, 3.63) is 11.6 Å². The third-order valence-corrected chi connectivity index (χ3v) is 14.1. The molecule has 11 atom stereocenters. The molecule has 3 saturated heterocycles. The van der Waals surface area contributed by atoms with Gasteiger partial charge < -0.3 is 29.2 Å². The lowest BCUT2D eigenvalue weighted by molar-refractivity contribution is -0.228. The molecule has 3 aliphatic heterocycles. The third-order valence-electron chi connectivity index (χ3n) is 14.1. The predicted octanol–water partition coefficient (Wildman–Crippen LogP) is 5.02. The Morgan fingerprint density at radius 1 is 1.16 bits per heavy atom. The van der Waals surface area contributed by atoms with Crippen LogP contribution in [0.4, 0.5) is 0 Å². The normalized spacial score (nSPS) is 46.6. The molecular formula is C36H53NO8. The topological polar surface area (TPSA) is 123 Å². The first-order valence-electron chi connectivity index (χ1n) is 17.8. The Kier molecular flexibility index (Phi) is 7.86. The number of fused-ring (bicyclic) bond motifs is 2. The molecule has 7 aliphatic rings. The fourth-order valence-corrected chi connectivity index (χ4v) is 12.4. The number of carbonyl (C=O) groups is 3. The molecule has 250 valence electrons. The van der Waals surface area contributed by atoms with Crippen molar-refractivity contribution < 1.29 is 38.8 Å². The molecule has 9 heteroatoms. The van der Waals surface area contributed by atoms with Crippen molar-refractivity contribution in [3.63, 3.8) is 0 Å². The summed E-state index contributed by atoms with van der Waals surface area (Å²) >= 11 is 0. The number of nitrogens with zero attached hydrogens (tertiary/aromatic N) is 1. The van der Waals surface area contributed by atoms with E-state index in [4.69, 9.17) is 14.2 Å². The molecule has 0 aromatic carbocycles. The fourth-order valence-electron chi connectivity index (χ4n) is 12.4. The Bertz CT molecular complexity index is 1240. The molecule has 4 aliphatic carbocycles. The molecule has 2 N–H and O–H groups in total. The molecule has 7 rings (SSSR count). The van der Waals surface area contributed by atoms with E-state index in [-0.39, 0.29) is 35.9 Å². The Morgan fingerprint density at radius 2 is 1.91 bits per heavy atom. The van der Waals surface area contributed by atoms with Gasteiger partial charge in [-0.25, -0.2) is 0 Å². The molecule has 0 amide bonds. The molecule has 6 fully saturated rings. The standard InChI is InChI=1S/C36H53NO8/c1-5-6-7-23-14-30(45-29(23)19-37-11-10-35(43-12-13-44-35)28(18-37)31(39)40)34-17-25-22(4)8-9-26(25)33(20-38)16-24(34)15-27(21(2)3)36(33,34)32(41)42/h15,20-26,28-30H,5-14,16-19H2,1-4H3,(H,39,40)(H,41,42)/t22-,23?,24?,25-,26-,28?,29?,30?,33?,34?,36?/m1/s1. The number of hydrogen-bond acceptors (Lipinski definition) is 7. The van der Waals surface area contributed by atoms with Gasteiger partial charge in [0, 0.05) is 31.5 Å². The molecule has 3 saturated carbocycles. The second kappa shape index (κ2) is 11.1. The third kappa shape index (κ3) is 4.08. The lowest BCUT2D eigenvalue weighted by atomic mass is 9.41.